The topological polar surface area (TPSA) is 51.6 Å². The van der Waals surface area contributed by atoms with Gasteiger partial charge in [-0.05, 0) is 35.9 Å². The number of anilines is 1. The highest BCUT2D eigenvalue weighted by Gasteiger charge is 2.04. The Labute approximate surface area is 121 Å². The van der Waals surface area contributed by atoms with Gasteiger partial charge < -0.3 is 10.3 Å². The van der Waals surface area contributed by atoms with Gasteiger partial charge in [-0.1, -0.05) is 23.7 Å². The second kappa shape index (κ2) is 5.28. The molecule has 2 N–H and O–H groups in total. The normalized spacial score (nSPS) is 10.4. The van der Waals surface area contributed by atoms with Gasteiger partial charge in [-0.3, -0.25) is 0 Å². The number of nitrogens with one attached hydrogen (secondary N) is 2. The number of aromatic amines is 1. The summed E-state index contributed by atoms with van der Waals surface area (Å²) in [7, 11) is 0. The number of aromatic nitrogens is 1. The molecule has 0 bridgehead atoms. The fraction of sp³-hybridized carbons (Fsp3) is 0.0625. The van der Waals surface area contributed by atoms with Crippen LogP contribution in [0, 0.1) is 11.3 Å². The molecular formula is C16H12ClN3. The first-order chi connectivity index (χ1) is 9.76. The lowest BCUT2D eigenvalue weighted by Gasteiger charge is -2.05. The molecular weight excluding hydrogens is 270 g/mol. The summed E-state index contributed by atoms with van der Waals surface area (Å²) in [4.78, 5) is 3.21. The molecule has 0 saturated heterocycles. The number of H-pyrrole nitrogens is 1. The zero-order valence-corrected chi connectivity index (χ0v) is 11.4. The first kappa shape index (κ1) is 12.6. The van der Waals surface area contributed by atoms with Crippen molar-refractivity contribution in [3.63, 3.8) is 0 Å². The Morgan fingerprint density at radius 1 is 1.20 bits per heavy atom. The fourth-order valence-corrected chi connectivity index (χ4v) is 2.37. The van der Waals surface area contributed by atoms with Crippen LogP contribution in [0.15, 0.2) is 48.7 Å². The highest BCUT2D eigenvalue weighted by molar-refractivity contribution is 6.31. The van der Waals surface area contributed by atoms with Crippen molar-refractivity contribution >= 4 is 28.2 Å². The molecule has 0 spiro atoms. The van der Waals surface area contributed by atoms with Crippen molar-refractivity contribution in [3.05, 3.63) is 64.8 Å². The van der Waals surface area contributed by atoms with Gasteiger partial charge >= 0.3 is 0 Å². The number of nitriles is 1. The van der Waals surface area contributed by atoms with Crippen molar-refractivity contribution in [2.24, 2.45) is 0 Å². The minimum atomic E-state index is 0.653. The molecule has 1 aromatic heterocycles. The molecule has 1 heterocycles. The minimum Gasteiger partial charge on any atom is -0.381 e. The van der Waals surface area contributed by atoms with E-state index < -0.39 is 0 Å². The molecule has 0 fully saturated rings. The Morgan fingerprint density at radius 3 is 2.95 bits per heavy atom. The highest BCUT2D eigenvalue weighted by atomic mass is 35.5. The largest absolute Gasteiger partial charge is 0.381 e. The highest BCUT2D eigenvalue weighted by Crippen LogP contribution is 2.23. The Hall–Kier alpha value is -2.44. The van der Waals surface area contributed by atoms with Gasteiger partial charge in [0, 0.05) is 34.4 Å². The van der Waals surface area contributed by atoms with E-state index in [4.69, 9.17) is 16.9 Å². The van der Waals surface area contributed by atoms with Crippen LogP contribution in [-0.2, 0) is 6.54 Å². The smallest absolute Gasteiger partial charge is 0.0992 e. The molecule has 3 rings (SSSR count). The molecule has 98 valence electrons. The molecule has 0 amide bonds. The first-order valence-corrected chi connectivity index (χ1v) is 6.63. The Balaban J connectivity index is 1.81. The summed E-state index contributed by atoms with van der Waals surface area (Å²) in [5, 5.41) is 14.1. The Kier molecular flexibility index (Phi) is 3.32. The molecule has 4 heteroatoms. The lowest BCUT2D eigenvalue weighted by Crippen LogP contribution is -1.98. The monoisotopic (exact) mass is 281 g/mol. The van der Waals surface area contributed by atoms with Crippen LogP contribution in [-0.4, -0.2) is 4.98 Å². The number of hydrogen-bond donors (Lipinski definition) is 2. The molecule has 2 aromatic carbocycles. The quantitative estimate of drug-likeness (QED) is 0.752. The van der Waals surface area contributed by atoms with Gasteiger partial charge in [-0.2, -0.15) is 5.26 Å². The van der Waals surface area contributed by atoms with Crippen LogP contribution in [0.1, 0.15) is 11.1 Å². The summed E-state index contributed by atoms with van der Waals surface area (Å²) in [6.45, 7) is 0.691. The third-order valence-electron chi connectivity index (χ3n) is 3.20. The summed E-state index contributed by atoms with van der Waals surface area (Å²) in [5.74, 6) is 0. The van der Waals surface area contributed by atoms with E-state index in [1.165, 1.54) is 5.56 Å². The van der Waals surface area contributed by atoms with E-state index in [1.807, 2.05) is 42.6 Å². The zero-order valence-electron chi connectivity index (χ0n) is 10.7. The van der Waals surface area contributed by atoms with E-state index in [2.05, 4.69) is 16.4 Å². The van der Waals surface area contributed by atoms with Crippen LogP contribution in [0.25, 0.3) is 10.9 Å². The number of benzene rings is 2. The predicted octanol–water partition coefficient (Wildman–Crippen LogP) is 4.31. The van der Waals surface area contributed by atoms with E-state index in [0.717, 1.165) is 21.6 Å². The molecule has 0 aliphatic rings. The van der Waals surface area contributed by atoms with Gasteiger partial charge in [0.05, 0.1) is 11.6 Å². The summed E-state index contributed by atoms with van der Waals surface area (Å²) < 4.78 is 0. The lowest BCUT2D eigenvalue weighted by molar-refractivity contribution is 1.16. The summed E-state index contributed by atoms with van der Waals surface area (Å²) in [5.41, 5.74) is 3.78. The van der Waals surface area contributed by atoms with Crippen LogP contribution < -0.4 is 5.32 Å². The maximum absolute atomic E-state index is 8.89. The van der Waals surface area contributed by atoms with Gasteiger partial charge in [0.1, 0.15) is 0 Å². The van der Waals surface area contributed by atoms with Gasteiger partial charge in [0.25, 0.3) is 0 Å². The zero-order chi connectivity index (χ0) is 13.9. The van der Waals surface area contributed by atoms with Gasteiger partial charge in [0.2, 0.25) is 0 Å². The summed E-state index contributed by atoms with van der Waals surface area (Å²) in [6.07, 6.45) is 1.97. The van der Waals surface area contributed by atoms with E-state index in [-0.39, 0.29) is 0 Å². The molecule has 0 unspecified atom stereocenters. The molecule has 0 aliphatic heterocycles. The van der Waals surface area contributed by atoms with Crippen molar-refractivity contribution in [1.82, 2.24) is 4.98 Å². The maximum atomic E-state index is 8.89. The minimum absolute atomic E-state index is 0.653. The van der Waals surface area contributed by atoms with Crippen molar-refractivity contribution in [2.75, 3.05) is 5.32 Å². The van der Waals surface area contributed by atoms with Crippen LogP contribution in [0.2, 0.25) is 5.02 Å². The SMILES string of the molecule is N#Cc1cccc(NCc2c[nH]c3cc(Cl)ccc23)c1. The lowest BCUT2D eigenvalue weighted by atomic mass is 10.1. The fourth-order valence-electron chi connectivity index (χ4n) is 2.20. The van der Waals surface area contributed by atoms with E-state index >= 15 is 0 Å². The Bertz CT molecular complexity index is 799. The molecule has 0 saturated carbocycles. The van der Waals surface area contributed by atoms with Crippen LogP contribution in [0.5, 0.6) is 0 Å². The van der Waals surface area contributed by atoms with Gasteiger partial charge in [-0.25, -0.2) is 0 Å². The van der Waals surface area contributed by atoms with Crippen LogP contribution >= 0.6 is 11.6 Å². The average Bonchev–Trinajstić information content (AvgIpc) is 2.87. The summed E-state index contributed by atoms with van der Waals surface area (Å²) in [6, 6.07) is 15.4. The first-order valence-electron chi connectivity index (χ1n) is 6.26. The van der Waals surface area contributed by atoms with E-state index in [1.54, 1.807) is 6.07 Å². The number of fused-ring (bicyclic) bond motifs is 1. The third-order valence-corrected chi connectivity index (χ3v) is 3.44. The standard InChI is InChI=1S/C16H12ClN3/c17-13-4-5-15-12(10-20-16(15)7-13)9-19-14-3-1-2-11(6-14)8-18/h1-7,10,19-20H,9H2. The molecule has 3 nitrogen and oxygen atoms in total. The van der Waals surface area contributed by atoms with Gasteiger partial charge in [0.15, 0.2) is 0 Å². The van der Waals surface area contributed by atoms with Crippen LogP contribution in [0.4, 0.5) is 5.69 Å². The predicted molar refractivity (Wildman–Crippen MR) is 81.8 cm³/mol. The number of halogens is 1. The molecule has 20 heavy (non-hydrogen) atoms. The average molecular weight is 282 g/mol. The number of nitrogens with zero attached hydrogens (tertiary/aromatic N) is 1. The van der Waals surface area contributed by atoms with Gasteiger partial charge in [-0.15, -0.1) is 0 Å². The maximum Gasteiger partial charge on any atom is 0.0992 e. The molecule has 0 atom stereocenters. The molecule has 3 aromatic rings. The second-order valence-electron chi connectivity index (χ2n) is 4.55. The van der Waals surface area contributed by atoms with E-state index in [9.17, 15) is 0 Å². The van der Waals surface area contributed by atoms with Crippen molar-refractivity contribution in [1.29, 1.82) is 5.26 Å². The van der Waals surface area contributed by atoms with Crippen molar-refractivity contribution < 1.29 is 0 Å². The molecule has 0 radical (unpaired) electrons. The third kappa shape index (κ3) is 2.47. The van der Waals surface area contributed by atoms with E-state index in [0.29, 0.717) is 12.1 Å². The summed E-state index contributed by atoms with van der Waals surface area (Å²) >= 11 is 5.97. The Morgan fingerprint density at radius 2 is 2.10 bits per heavy atom. The van der Waals surface area contributed by atoms with Crippen molar-refractivity contribution in [3.8, 4) is 6.07 Å². The van der Waals surface area contributed by atoms with Crippen LogP contribution in [0.3, 0.4) is 0 Å². The van der Waals surface area contributed by atoms with Crippen molar-refractivity contribution in [2.45, 2.75) is 6.54 Å². The second-order valence-corrected chi connectivity index (χ2v) is 4.99. The number of hydrogen-bond acceptors (Lipinski definition) is 2. The number of rotatable bonds is 3. The molecule has 0 aliphatic carbocycles.